The monoisotopic (exact) mass is 380 g/mol. The zero-order valence-corrected chi connectivity index (χ0v) is 15.4. The summed E-state index contributed by atoms with van der Waals surface area (Å²) in [5.74, 6) is -0.370. The highest BCUT2D eigenvalue weighted by Gasteiger charge is 2.24. The second-order valence-corrected chi connectivity index (χ2v) is 7.01. The van der Waals surface area contributed by atoms with Gasteiger partial charge in [-0.05, 0) is 48.7 Å². The summed E-state index contributed by atoms with van der Waals surface area (Å²) < 4.78 is 13.5. The number of hydrogen-bond donors (Lipinski definition) is 1. The molecule has 2 aromatic rings. The lowest BCUT2D eigenvalue weighted by atomic mass is 9.93. The summed E-state index contributed by atoms with van der Waals surface area (Å²) in [6.45, 7) is 3.48. The molecule has 1 unspecified atom stereocenters. The van der Waals surface area contributed by atoms with Crippen LogP contribution in [0, 0.1) is 5.82 Å². The van der Waals surface area contributed by atoms with Gasteiger partial charge in [0.1, 0.15) is 5.82 Å². The molecule has 0 saturated heterocycles. The van der Waals surface area contributed by atoms with Crippen LogP contribution in [0.25, 0.3) is 0 Å². The number of para-hydroxylation sites is 1. The van der Waals surface area contributed by atoms with Crippen LogP contribution < -0.4 is 5.32 Å². The second-order valence-electron chi connectivity index (χ2n) is 6.20. The molecule has 1 heterocycles. The molecular formula is C19H19Cl2FN2O. The number of benzene rings is 2. The van der Waals surface area contributed by atoms with Gasteiger partial charge >= 0.3 is 0 Å². The van der Waals surface area contributed by atoms with Gasteiger partial charge in [0.2, 0.25) is 5.91 Å². The van der Waals surface area contributed by atoms with Crippen LogP contribution in [-0.4, -0.2) is 23.9 Å². The van der Waals surface area contributed by atoms with E-state index in [0.29, 0.717) is 28.7 Å². The van der Waals surface area contributed by atoms with Gasteiger partial charge in [-0.1, -0.05) is 35.3 Å². The molecule has 3 nitrogen and oxygen atoms in total. The van der Waals surface area contributed by atoms with Crippen molar-refractivity contribution in [3.63, 3.8) is 0 Å². The predicted molar refractivity (Wildman–Crippen MR) is 99.8 cm³/mol. The van der Waals surface area contributed by atoms with Gasteiger partial charge in [0.15, 0.2) is 0 Å². The van der Waals surface area contributed by atoms with Crippen molar-refractivity contribution < 1.29 is 9.18 Å². The van der Waals surface area contributed by atoms with E-state index in [1.807, 2.05) is 13.0 Å². The van der Waals surface area contributed by atoms with Gasteiger partial charge in [-0.2, -0.15) is 0 Å². The summed E-state index contributed by atoms with van der Waals surface area (Å²) in [7, 11) is 0. The smallest absolute Gasteiger partial charge is 0.225 e. The number of nitrogens with zero attached hydrogens (tertiary/aromatic N) is 1. The molecule has 6 heteroatoms. The van der Waals surface area contributed by atoms with E-state index in [2.05, 4.69) is 10.2 Å². The molecular weight excluding hydrogens is 362 g/mol. The molecule has 1 amide bonds. The van der Waals surface area contributed by atoms with Gasteiger partial charge in [0.25, 0.3) is 0 Å². The molecule has 1 atom stereocenters. The minimum absolute atomic E-state index is 0.0798. The first-order valence-electron chi connectivity index (χ1n) is 8.22. The predicted octanol–water partition coefficient (Wildman–Crippen LogP) is 5.08. The maximum Gasteiger partial charge on any atom is 0.225 e. The molecule has 1 aliphatic rings. The van der Waals surface area contributed by atoms with Gasteiger partial charge < -0.3 is 5.32 Å². The molecule has 132 valence electrons. The zero-order chi connectivity index (χ0) is 18.0. The number of nitrogens with one attached hydrogen (secondary N) is 1. The Hall–Kier alpha value is -1.62. The largest absolute Gasteiger partial charge is 0.324 e. The SMILES string of the molecule is CC1c2cc(F)ccc2CCN1CCC(=O)Nc1c(Cl)cccc1Cl. The van der Waals surface area contributed by atoms with E-state index in [9.17, 15) is 9.18 Å². The van der Waals surface area contributed by atoms with Crippen LogP contribution in [-0.2, 0) is 11.2 Å². The van der Waals surface area contributed by atoms with Crippen molar-refractivity contribution in [2.24, 2.45) is 0 Å². The molecule has 0 spiro atoms. The van der Waals surface area contributed by atoms with Crippen LogP contribution >= 0.6 is 23.2 Å². The van der Waals surface area contributed by atoms with Crippen molar-refractivity contribution in [1.29, 1.82) is 0 Å². The summed E-state index contributed by atoms with van der Waals surface area (Å²) in [6.07, 6.45) is 1.18. The van der Waals surface area contributed by atoms with Gasteiger partial charge in [-0.25, -0.2) is 4.39 Å². The van der Waals surface area contributed by atoms with E-state index in [4.69, 9.17) is 23.2 Å². The Morgan fingerprint density at radius 1 is 1.28 bits per heavy atom. The Balaban J connectivity index is 1.61. The summed E-state index contributed by atoms with van der Waals surface area (Å²) in [5, 5.41) is 3.60. The van der Waals surface area contributed by atoms with Gasteiger partial charge in [-0.15, -0.1) is 0 Å². The second kappa shape index (κ2) is 7.73. The summed E-state index contributed by atoms with van der Waals surface area (Å²) in [6, 6.07) is 10.1. The standard InChI is InChI=1S/C19H19Cl2FN2O/c1-12-15-11-14(22)6-5-13(15)7-9-24(12)10-8-18(25)23-19-16(20)3-2-4-17(19)21/h2-6,11-12H,7-10H2,1H3,(H,23,25). The van der Waals surface area contributed by atoms with Crippen molar-refractivity contribution in [2.75, 3.05) is 18.4 Å². The number of hydrogen-bond acceptors (Lipinski definition) is 2. The normalized spacial score (nSPS) is 17.2. The molecule has 0 bridgehead atoms. The van der Waals surface area contributed by atoms with Gasteiger partial charge in [0.05, 0.1) is 15.7 Å². The average Bonchev–Trinajstić information content (AvgIpc) is 2.58. The van der Waals surface area contributed by atoms with Crippen LogP contribution in [0.5, 0.6) is 0 Å². The van der Waals surface area contributed by atoms with E-state index < -0.39 is 0 Å². The fourth-order valence-electron chi connectivity index (χ4n) is 3.21. The number of carbonyl (C=O) groups excluding carboxylic acids is 1. The van der Waals surface area contributed by atoms with Crippen LogP contribution in [0.3, 0.4) is 0 Å². The number of halogens is 3. The lowest BCUT2D eigenvalue weighted by Crippen LogP contribution is -2.36. The Morgan fingerprint density at radius 2 is 2.00 bits per heavy atom. The minimum Gasteiger partial charge on any atom is -0.324 e. The Morgan fingerprint density at radius 3 is 2.72 bits per heavy atom. The lowest BCUT2D eigenvalue weighted by molar-refractivity contribution is -0.116. The van der Waals surface area contributed by atoms with Crippen LogP contribution in [0.4, 0.5) is 10.1 Å². The summed E-state index contributed by atoms with van der Waals surface area (Å²) in [5.41, 5.74) is 2.62. The highest BCUT2D eigenvalue weighted by Crippen LogP contribution is 2.31. The van der Waals surface area contributed by atoms with E-state index in [-0.39, 0.29) is 17.8 Å². The van der Waals surface area contributed by atoms with Crippen molar-refractivity contribution >= 4 is 34.8 Å². The quantitative estimate of drug-likeness (QED) is 0.801. The zero-order valence-electron chi connectivity index (χ0n) is 13.9. The highest BCUT2D eigenvalue weighted by atomic mass is 35.5. The molecule has 0 fully saturated rings. The number of amides is 1. The van der Waals surface area contributed by atoms with Crippen molar-refractivity contribution in [1.82, 2.24) is 4.90 Å². The molecule has 1 N–H and O–H groups in total. The van der Waals surface area contributed by atoms with Crippen molar-refractivity contribution in [3.8, 4) is 0 Å². The molecule has 3 rings (SSSR count). The topological polar surface area (TPSA) is 32.3 Å². The lowest BCUT2D eigenvalue weighted by Gasteiger charge is -2.35. The Kier molecular flexibility index (Phi) is 5.62. The molecule has 0 aromatic heterocycles. The van der Waals surface area contributed by atoms with Gasteiger partial charge in [0, 0.05) is 25.6 Å². The fraction of sp³-hybridized carbons (Fsp3) is 0.316. The van der Waals surface area contributed by atoms with E-state index in [1.54, 1.807) is 24.3 Å². The first kappa shape index (κ1) is 18.2. The van der Waals surface area contributed by atoms with Crippen LogP contribution in [0.1, 0.15) is 30.5 Å². The summed E-state index contributed by atoms with van der Waals surface area (Å²) >= 11 is 12.1. The maximum absolute atomic E-state index is 13.5. The van der Waals surface area contributed by atoms with Crippen molar-refractivity contribution in [3.05, 3.63) is 63.4 Å². The number of anilines is 1. The molecule has 2 aromatic carbocycles. The average molecular weight is 381 g/mol. The third-order valence-corrected chi connectivity index (χ3v) is 5.26. The van der Waals surface area contributed by atoms with Crippen molar-refractivity contribution in [2.45, 2.75) is 25.8 Å². The molecule has 1 aliphatic heterocycles. The maximum atomic E-state index is 13.5. The third kappa shape index (κ3) is 4.14. The number of carbonyl (C=O) groups is 1. The van der Waals surface area contributed by atoms with E-state index >= 15 is 0 Å². The van der Waals surface area contributed by atoms with Crippen LogP contribution in [0.15, 0.2) is 36.4 Å². The first-order chi connectivity index (χ1) is 12.0. The first-order valence-corrected chi connectivity index (χ1v) is 8.97. The summed E-state index contributed by atoms with van der Waals surface area (Å²) in [4.78, 5) is 14.4. The highest BCUT2D eigenvalue weighted by molar-refractivity contribution is 6.39. The molecule has 0 aliphatic carbocycles. The van der Waals surface area contributed by atoms with E-state index in [1.165, 1.54) is 11.6 Å². The third-order valence-electron chi connectivity index (χ3n) is 4.63. The van der Waals surface area contributed by atoms with E-state index in [0.717, 1.165) is 18.5 Å². The molecule has 25 heavy (non-hydrogen) atoms. The number of fused-ring (bicyclic) bond motifs is 1. The fourth-order valence-corrected chi connectivity index (χ4v) is 3.70. The Bertz CT molecular complexity index is 777. The number of rotatable bonds is 4. The minimum atomic E-state index is -0.224. The molecule has 0 saturated carbocycles. The molecule has 0 radical (unpaired) electrons. The Labute approximate surface area is 156 Å². The van der Waals surface area contributed by atoms with Crippen LogP contribution in [0.2, 0.25) is 10.0 Å². The van der Waals surface area contributed by atoms with Gasteiger partial charge in [-0.3, -0.25) is 9.69 Å².